The van der Waals surface area contributed by atoms with Crippen molar-refractivity contribution in [2.45, 2.75) is 45.2 Å². The Morgan fingerprint density at radius 1 is 0.864 bits per heavy atom. The van der Waals surface area contributed by atoms with Gasteiger partial charge in [-0.05, 0) is 48.4 Å². The molecule has 22 heavy (non-hydrogen) atoms. The lowest BCUT2D eigenvalue weighted by Gasteiger charge is -2.20. The number of hydrogen-bond donors (Lipinski definition) is 0. The Kier molecular flexibility index (Phi) is 4.94. The number of hydrogen-bond acceptors (Lipinski definition) is 0. The van der Waals surface area contributed by atoms with Crippen molar-refractivity contribution in [2.24, 2.45) is 0 Å². The van der Waals surface area contributed by atoms with Gasteiger partial charge in [0.2, 0.25) is 0 Å². The Morgan fingerprint density at radius 2 is 1.45 bits per heavy atom. The molecule has 0 fully saturated rings. The summed E-state index contributed by atoms with van der Waals surface area (Å²) in [6.07, 6.45) is -3.46. The Morgan fingerprint density at radius 3 is 2.05 bits per heavy atom. The molecule has 0 bridgehead atoms. The van der Waals surface area contributed by atoms with Crippen LogP contribution in [0.5, 0.6) is 0 Å². The molecule has 0 amide bonds. The molecule has 0 aromatic heterocycles. The van der Waals surface area contributed by atoms with Crippen molar-refractivity contribution in [1.29, 1.82) is 0 Å². The number of aryl methyl sites for hydroxylation is 1. The lowest BCUT2D eigenvalue weighted by molar-refractivity contribution is -0.137. The van der Waals surface area contributed by atoms with E-state index in [1.165, 1.54) is 17.7 Å². The van der Waals surface area contributed by atoms with Crippen molar-refractivity contribution < 1.29 is 13.2 Å². The summed E-state index contributed by atoms with van der Waals surface area (Å²) in [6.45, 7) is 5.83. The zero-order valence-corrected chi connectivity index (χ0v) is 13.1. The van der Waals surface area contributed by atoms with E-state index in [0.717, 1.165) is 12.0 Å². The van der Waals surface area contributed by atoms with E-state index in [-0.39, 0.29) is 5.92 Å². The van der Waals surface area contributed by atoms with Crippen molar-refractivity contribution >= 4 is 0 Å². The highest BCUT2D eigenvalue weighted by atomic mass is 19.4. The lowest BCUT2D eigenvalue weighted by atomic mass is 9.86. The van der Waals surface area contributed by atoms with Crippen molar-refractivity contribution in [3.8, 4) is 0 Å². The average Bonchev–Trinajstić information content (AvgIpc) is 2.46. The van der Waals surface area contributed by atoms with E-state index in [0.29, 0.717) is 11.5 Å². The van der Waals surface area contributed by atoms with Gasteiger partial charge in [-0.2, -0.15) is 13.2 Å². The molecule has 0 unspecified atom stereocenters. The van der Waals surface area contributed by atoms with Crippen molar-refractivity contribution in [3.05, 3.63) is 70.8 Å². The molecule has 0 N–H and O–H groups in total. The highest BCUT2D eigenvalue weighted by Gasteiger charge is 2.31. The van der Waals surface area contributed by atoms with E-state index < -0.39 is 11.7 Å². The molecule has 3 heteroatoms. The SMILES string of the molecule is Cc1cc([C@H](C)C[C@@H](C)c2ccccc2)cc(C(F)(F)F)c1. The van der Waals surface area contributed by atoms with Crippen molar-refractivity contribution in [2.75, 3.05) is 0 Å². The first-order valence-corrected chi connectivity index (χ1v) is 7.51. The Labute approximate surface area is 130 Å². The van der Waals surface area contributed by atoms with Gasteiger partial charge in [0.05, 0.1) is 5.56 Å². The molecule has 0 saturated carbocycles. The van der Waals surface area contributed by atoms with E-state index in [1.54, 1.807) is 6.92 Å². The number of halogens is 3. The van der Waals surface area contributed by atoms with Crippen LogP contribution in [0.2, 0.25) is 0 Å². The Balaban J connectivity index is 2.19. The van der Waals surface area contributed by atoms with Gasteiger partial charge in [0.25, 0.3) is 0 Å². The highest BCUT2D eigenvalue weighted by Crippen LogP contribution is 2.35. The number of alkyl halides is 3. The normalized spacial score (nSPS) is 14.6. The van der Waals surface area contributed by atoms with Gasteiger partial charge >= 0.3 is 6.18 Å². The second-order valence-electron chi connectivity index (χ2n) is 6.08. The fraction of sp³-hybridized carbons (Fsp3) is 0.368. The van der Waals surface area contributed by atoms with E-state index in [4.69, 9.17) is 0 Å². The van der Waals surface area contributed by atoms with Gasteiger partial charge < -0.3 is 0 Å². The quantitative estimate of drug-likeness (QED) is 0.621. The summed E-state index contributed by atoms with van der Waals surface area (Å²) in [5, 5.41) is 0. The van der Waals surface area contributed by atoms with Crippen LogP contribution in [-0.4, -0.2) is 0 Å². The molecule has 0 spiro atoms. The van der Waals surface area contributed by atoms with Gasteiger partial charge in [-0.25, -0.2) is 0 Å². The third-order valence-corrected chi connectivity index (χ3v) is 4.07. The maximum atomic E-state index is 12.9. The van der Waals surface area contributed by atoms with E-state index in [9.17, 15) is 13.2 Å². The van der Waals surface area contributed by atoms with Gasteiger partial charge in [0.15, 0.2) is 0 Å². The van der Waals surface area contributed by atoms with Crippen molar-refractivity contribution in [1.82, 2.24) is 0 Å². The fourth-order valence-corrected chi connectivity index (χ4v) is 2.84. The second-order valence-corrected chi connectivity index (χ2v) is 6.08. The second kappa shape index (κ2) is 6.55. The van der Waals surface area contributed by atoms with Gasteiger partial charge in [-0.1, -0.05) is 55.8 Å². The minimum atomic E-state index is -4.29. The molecule has 0 aliphatic heterocycles. The number of benzene rings is 2. The van der Waals surface area contributed by atoms with Crippen LogP contribution in [0.1, 0.15) is 54.4 Å². The largest absolute Gasteiger partial charge is 0.416 e. The Hall–Kier alpha value is -1.77. The topological polar surface area (TPSA) is 0 Å². The molecule has 2 aromatic carbocycles. The lowest BCUT2D eigenvalue weighted by Crippen LogP contribution is -2.08. The van der Waals surface area contributed by atoms with E-state index >= 15 is 0 Å². The molecule has 2 rings (SSSR count). The summed E-state index contributed by atoms with van der Waals surface area (Å²) in [7, 11) is 0. The fourth-order valence-electron chi connectivity index (χ4n) is 2.84. The molecule has 0 radical (unpaired) electrons. The van der Waals surface area contributed by atoms with Crippen LogP contribution in [0, 0.1) is 6.92 Å². The summed E-state index contributed by atoms with van der Waals surface area (Å²) in [4.78, 5) is 0. The monoisotopic (exact) mass is 306 g/mol. The summed E-state index contributed by atoms with van der Waals surface area (Å²) >= 11 is 0. The van der Waals surface area contributed by atoms with Crippen LogP contribution < -0.4 is 0 Å². The maximum Gasteiger partial charge on any atom is 0.416 e. The van der Waals surface area contributed by atoms with Crippen LogP contribution in [-0.2, 0) is 6.18 Å². The average molecular weight is 306 g/mol. The summed E-state index contributed by atoms with van der Waals surface area (Å²) < 4.78 is 38.8. The van der Waals surface area contributed by atoms with Gasteiger partial charge in [0.1, 0.15) is 0 Å². The summed E-state index contributed by atoms with van der Waals surface area (Å²) in [5.41, 5.74) is 2.08. The standard InChI is InChI=1S/C19H21F3/c1-13-9-17(12-18(10-13)19(20,21)22)15(3)11-14(2)16-7-5-4-6-8-16/h4-10,12,14-15H,11H2,1-3H3/t14-,15-/m1/s1. The van der Waals surface area contributed by atoms with Gasteiger partial charge in [0, 0.05) is 0 Å². The first kappa shape index (κ1) is 16.6. The van der Waals surface area contributed by atoms with Crippen molar-refractivity contribution in [3.63, 3.8) is 0 Å². The highest BCUT2D eigenvalue weighted by molar-refractivity contribution is 5.33. The van der Waals surface area contributed by atoms with Crippen LogP contribution in [0.3, 0.4) is 0 Å². The Bertz CT molecular complexity index is 614. The van der Waals surface area contributed by atoms with E-state index in [2.05, 4.69) is 19.1 Å². The minimum Gasteiger partial charge on any atom is -0.166 e. The summed E-state index contributed by atoms with van der Waals surface area (Å²) in [5.74, 6) is 0.391. The minimum absolute atomic E-state index is 0.0798. The van der Waals surface area contributed by atoms with Crippen LogP contribution in [0.25, 0.3) is 0 Å². The predicted molar refractivity (Wildman–Crippen MR) is 84.1 cm³/mol. The molecular weight excluding hydrogens is 285 g/mol. The molecule has 0 aliphatic rings. The maximum absolute atomic E-state index is 12.9. The molecule has 0 heterocycles. The van der Waals surface area contributed by atoms with Crippen LogP contribution in [0.15, 0.2) is 48.5 Å². The smallest absolute Gasteiger partial charge is 0.166 e. The molecule has 0 saturated heterocycles. The molecule has 118 valence electrons. The first-order valence-electron chi connectivity index (χ1n) is 7.51. The molecule has 0 nitrogen and oxygen atoms in total. The molecule has 0 aliphatic carbocycles. The number of rotatable bonds is 4. The zero-order valence-electron chi connectivity index (χ0n) is 13.1. The van der Waals surface area contributed by atoms with Crippen LogP contribution >= 0.6 is 0 Å². The molecule has 2 atom stereocenters. The third kappa shape index (κ3) is 4.12. The first-order chi connectivity index (χ1) is 10.3. The zero-order chi connectivity index (χ0) is 16.3. The molecule has 2 aromatic rings. The van der Waals surface area contributed by atoms with Gasteiger partial charge in [-0.3, -0.25) is 0 Å². The summed E-state index contributed by atoms with van der Waals surface area (Å²) in [6, 6.07) is 14.4. The molecular formula is C19H21F3. The van der Waals surface area contributed by atoms with Crippen LogP contribution in [0.4, 0.5) is 13.2 Å². The predicted octanol–water partition coefficient (Wildman–Crippen LogP) is 6.31. The third-order valence-electron chi connectivity index (χ3n) is 4.07. The van der Waals surface area contributed by atoms with Gasteiger partial charge in [-0.15, -0.1) is 0 Å². The van der Waals surface area contributed by atoms with E-state index in [1.807, 2.05) is 31.2 Å².